The predicted molar refractivity (Wildman–Crippen MR) is 108 cm³/mol. The van der Waals surface area contributed by atoms with Gasteiger partial charge in [0.1, 0.15) is 12.0 Å². The number of aromatic nitrogens is 1. The van der Waals surface area contributed by atoms with Gasteiger partial charge in [-0.1, -0.05) is 78.9 Å². The Morgan fingerprint density at radius 2 is 1.28 bits per heavy atom. The van der Waals surface area contributed by atoms with Crippen LogP contribution in [0.15, 0.2) is 102 Å². The number of nitrogens with zero attached hydrogens (tertiary/aromatic N) is 1. The van der Waals surface area contributed by atoms with E-state index in [4.69, 9.17) is 4.42 Å². The first-order chi connectivity index (χ1) is 11.9. The maximum Gasteiger partial charge on any atom is 0.181 e. The summed E-state index contributed by atoms with van der Waals surface area (Å²) in [6.07, 6.45) is 3.16. The topological polar surface area (TPSA) is 26.0 Å². The maximum absolute atomic E-state index is 5.13. The van der Waals surface area contributed by atoms with Crippen LogP contribution in [0, 0.1) is 0 Å². The molecule has 1 heterocycles. The van der Waals surface area contributed by atoms with Gasteiger partial charge in [0.05, 0.1) is 0 Å². The summed E-state index contributed by atoms with van der Waals surface area (Å²) in [6, 6.07) is 30.0. The summed E-state index contributed by atoms with van der Waals surface area (Å²) < 4.78 is 5.13. The third-order valence-electron chi connectivity index (χ3n) is 3.86. The van der Waals surface area contributed by atoms with Gasteiger partial charge in [-0.25, -0.2) is 4.98 Å². The monoisotopic (exact) mass is 365 g/mol. The van der Waals surface area contributed by atoms with E-state index in [-0.39, 0.29) is 12.4 Å². The molecule has 0 aliphatic heterocycles. The molecule has 0 amide bonds. The average molecular weight is 366 g/mol. The van der Waals surface area contributed by atoms with Crippen LogP contribution in [0.1, 0.15) is 0 Å². The number of benzene rings is 3. The van der Waals surface area contributed by atoms with Gasteiger partial charge in [-0.05, 0) is 29.9 Å². The zero-order valence-electron chi connectivity index (χ0n) is 13.4. The van der Waals surface area contributed by atoms with E-state index >= 15 is 0 Å². The van der Waals surface area contributed by atoms with Gasteiger partial charge in [-0.15, -0.1) is 12.4 Å². The molecule has 124 valence electrons. The Morgan fingerprint density at radius 1 is 0.680 bits per heavy atom. The molecule has 0 aliphatic rings. The van der Waals surface area contributed by atoms with Gasteiger partial charge in [-0.2, -0.15) is 0 Å². The molecule has 0 spiro atoms. The summed E-state index contributed by atoms with van der Waals surface area (Å²) >= 11 is 0. The Hall–Kier alpha value is -2.41. The van der Waals surface area contributed by atoms with Gasteiger partial charge >= 0.3 is 0 Å². The van der Waals surface area contributed by atoms with Gasteiger partial charge in [0, 0.05) is 5.56 Å². The molecule has 0 saturated heterocycles. The van der Waals surface area contributed by atoms with E-state index in [1.54, 1.807) is 6.26 Å². The van der Waals surface area contributed by atoms with Crippen LogP contribution in [0.5, 0.6) is 0 Å². The minimum Gasteiger partial charge on any atom is -0.451 e. The summed E-state index contributed by atoms with van der Waals surface area (Å²) in [4.78, 5) is 4.27. The number of rotatable bonds is 4. The fourth-order valence-electron chi connectivity index (χ4n) is 2.76. The second kappa shape index (κ2) is 8.11. The minimum atomic E-state index is -0.596. The Bertz CT molecular complexity index is 872. The van der Waals surface area contributed by atoms with Crippen LogP contribution in [-0.2, 0) is 0 Å². The first kappa shape index (κ1) is 17.4. The lowest BCUT2D eigenvalue weighted by molar-refractivity contribution is 0.558. The first-order valence-corrected chi connectivity index (χ1v) is 9.15. The number of oxazole rings is 1. The first-order valence-electron chi connectivity index (χ1n) is 7.81. The van der Waals surface area contributed by atoms with E-state index < -0.39 is 7.92 Å². The van der Waals surface area contributed by atoms with Crippen LogP contribution in [0.4, 0.5) is 0 Å². The molecule has 3 aromatic carbocycles. The fraction of sp³-hybridized carbons (Fsp3) is 0. The van der Waals surface area contributed by atoms with E-state index in [0.717, 1.165) is 11.3 Å². The van der Waals surface area contributed by atoms with Crippen LogP contribution in [-0.4, -0.2) is 4.98 Å². The smallest absolute Gasteiger partial charge is 0.181 e. The van der Waals surface area contributed by atoms with Crippen molar-refractivity contribution in [3.05, 3.63) is 97.6 Å². The summed E-state index contributed by atoms with van der Waals surface area (Å²) in [7, 11) is -0.596. The maximum atomic E-state index is 5.13. The van der Waals surface area contributed by atoms with Gasteiger partial charge in [0.2, 0.25) is 0 Å². The second-order valence-corrected chi connectivity index (χ2v) is 7.65. The molecule has 0 bridgehead atoms. The number of halogens is 1. The van der Waals surface area contributed by atoms with Crippen LogP contribution >= 0.6 is 20.3 Å². The molecule has 4 heteroatoms. The highest BCUT2D eigenvalue weighted by Gasteiger charge is 2.16. The van der Waals surface area contributed by atoms with Crippen molar-refractivity contribution in [3.63, 3.8) is 0 Å². The predicted octanol–water partition coefficient (Wildman–Crippen LogP) is 4.52. The Kier molecular flexibility index (Phi) is 5.65. The summed E-state index contributed by atoms with van der Waals surface area (Å²) in [5.41, 5.74) is 1.95. The third kappa shape index (κ3) is 3.82. The highest BCUT2D eigenvalue weighted by atomic mass is 35.5. The van der Waals surface area contributed by atoms with Crippen molar-refractivity contribution in [1.29, 1.82) is 0 Å². The molecule has 4 rings (SSSR count). The molecular weight excluding hydrogens is 349 g/mol. The average Bonchev–Trinajstić information content (AvgIpc) is 3.19. The van der Waals surface area contributed by atoms with Gasteiger partial charge in [0.15, 0.2) is 6.39 Å². The lowest BCUT2D eigenvalue weighted by Crippen LogP contribution is -2.20. The van der Waals surface area contributed by atoms with Crippen LogP contribution in [0.25, 0.3) is 11.3 Å². The number of hydrogen-bond acceptors (Lipinski definition) is 2. The van der Waals surface area contributed by atoms with E-state index in [1.165, 1.54) is 22.3 Å². The molecule has 25 heavy (non-hydrogen) atoms. The molecule has 0 saturated carbocycles. The highest BCUT2D eigenvalue weighted by Crippen LogP contribution is 2.33. The van der Waals surface area contributed by atoms with Crippen LogP contribution in [0.2, 0.25) is 0 Å². The van der Waals surface area contributed by atoms with Gasteiger partial charge < -0.3 is 4.42 Å². The normalized spacial score (nSPS) is 10.4. The van der Waals surface area contributed by atoms with E-state index in [2.05, 4.69) is 89.9 Å². The highest BCUT2D eigenvalue weighted by molar-refractivity contribution is 7.79. The lowest BCUT2D eigenvalue weighted by atomic mass is 10.2. The summed E-state index contributed by atoms with van der Waals surface area (Å²) in [5.74, 6) is 0. The molecule has 0 unspecified atom stereocenters. The van der Waals surface area contributed by atoms with Gasteiger partial charge in [0.25, 0.3) is 0 Å². The van der Waals surface area contributed by atoms with Gasteiger partial charge in [-0.3, -0.25) is 0 Å². The van der Waals surface area contributed by atoms with Crippen LogP contribution in [0.3, 0.4) is 0 Å². The number of hydrogen-bond donors (Lipinski definition) is 0. The fourth-order valence-corrected chi connectivity index (χ4v) is 5.10. The van der Waals surface area contributed by atoms with Crippen molar-refractivity contribution in [2.24, 2.45) is 0 Å². The Morgan fingerprint density at radius 3 is 1.84 bits per heavy atom. The van der Waals surface area contributed by atoms with E-state index in [9.17, 15) is 0 Å². The standard InChI is InChI=1S/C21H16NOP.ClH/c1-3-9-18(10-4-1)24(19-11-5-2-6-12-19)20-13-7-8-17(14-20)21-15-23-16-22-21;/h1-16H;1H. The molecule has 1 aromatic heterocycles. The molecule has 4 aromatic rings. The quantitative estimate of drug-likeness (QED) is 0.497. The van der Waals surface area contributed by atoms with Crippen molar-refractivity contribution < 1.29 is 4.42 Å². The van der Waals surface area contributed by atoms with Crippen molar-refractivity contribution in [2.75, 3.05) is 0 Å². The van der Waals surface area contributed by atoms with Crippen molar-refractivity contribution in [3.8, 4) is 11.3 Å². The van der Waals surface area contributed by atoms with Crippen LogP contribution < -0.4 is 15.9 Å². The van der Waals surface area contributed by atoms with Crippen molar-refractivity contribution in [2.45, 2.75) is 0 Å². The van der Waals surface area contributed by atoms with E-state index in [0.29, 0.717) is 0 Å². The Balaban J connectivity index is 0.00000182. The Labute approximate surface area is 154 Å². The molecule has 0 radical (unpaired) electrons. The molecule has 0 atom stereocenters. The molecule has 0 aliphatic carbocycles. The van der Waals surface area contributed by atoms with Crippen molar-refractivity contribution in [1.82, 2.24) is 4.98 Å². The van der Waals surface area contributed by atoms with E-state index in [1.807, 2.05) is 0 Å². The SMILES string of the molecule is Cl.c1ccc(P(c2ccccc2)c2cccc(-c3cocn3)c2)cc1. The molecule has 2 nitrogen and oxygen atoms in total. The molecular formula is C21H17ClNOP. The largest absolute Gasteiger partial charge is 0.451 e. The van der Waals surface area contributed by atoms with Crippen molar-refractivity contribution >= 4 is 36.2 Å². The zero-order chi connectivity index (χ0) is 16.2. The third-order valence-corrected chi connectivity index (χ3v) is 6.28. The summed E-state index contributed by atoms with van der Waals surface area (Å²) in [5, 5.41) is 4.00. The zero-order valence-corrected chi connectivity index (χ0v) is 15.2. The molecule has 0 fully saturated rings. The lowest BCUT2D eigenvalue weighted by Gasteiger charge is -2.19. The molecule has 0 N–H and O–H groups in total. The minimum absolute atomic E-state index is 0. The second-order valence-electron chi connectivity index (χ2n) is 5.43. The summed E-state index contributed by atoms with van der Waals surface area (Å²) in [6.45, 7) is 0.